The minimum atomic E-state index is -4.89. The molecule has 130 valence electrons. The third-order valence-electron chi connectivity index (χ3n) is 4.12. The summed E-state index contributed by atoms with van der Waals surface area (Å²) in [7, 11) is 1.37. The number of urea groups is 1. The fraction of sp³-hybridized carbons (Fsp3) is 0.714. The summed E-state index contributed by atoms with van der Waals surface area (Å²) in [4.78, 5) is 15.3. The van der Waals surface area contributed by atoms with Crippen LogP contribution in [0.1, 0.15) is 37.9 Å². The van der Waals surface area contributed by atoms with Crippen molar-refractivity contribution in [2.45, 2.75) is 49.9 Å². The van der Waals surface area contributed by atoms with Gasteiger partial charge in [-0.2, -0.15) is 13.2 Å². The molecule has 0 aromatic carbocycles. The highest BCUT2D eigenvalue weighted by atomic mass is 19.4. The summed E-state index contributed by atoms with van der Waals surface area (Å²) >= 11 is 0. The number of aromatic nitrogens is 2. The van der Waals surface area contributed by atoms with E-state index in [1.54, 1.807) is 0 Å². The Bertz CT molecular complexity index is 540. The van der Waals surface area contributed by atoms with Crippen LogP contribution in [0.25, 0.3) is 0 Å². The van der Waals surface area contributed by atoms with E-state index in [4.69, 9.17) is 0 Å². The Morgan fingerprint density at radius 1 is 1.43 bits per heavy atom. The van der Waals surface area contributed by atoms with E-state index in [2.05, 4.69) is 15.6 Å². The molecule has 1 fully saturated rings. The summed E-state index contributed by atoms with van der Waals surface area (Å²) in [5.41, 5.74) is -3.11. The summed E-state index contributed by atoms with van der Waals surface area (Å²) in [6.07, 6.45) is 0.754. The second-order valence-corrected chi connectivity index (χ2v) is 5.85. The monoisotopic (exact) mass is 334 g/mol. The maximum absolute atomic E-state index is 13.3. The number of nitrogens with one attached hydrogen (secondary N) is 2. The molecule has 0 spiro atoms. The number of amides is 2. The van der Waals surface area contributed by atoms with Gasteiger partial charge >= 0.3 is 12.2 Å². The van der Waals surface area contributed by atoms with E-state index in [0.29, 0.717) is 0 Å². The first kappa shape index (κ1) is 17.6. The van der Waals surface area contributed by atoms with E-state index in [0.717, 1.165) is 30.3 Å². The van der Waals surface area contributed by atoms with Crippen molar-refractivity contribution in [3.8, 4) is 0 Å². The maximum Gasteiger partial charge on any atom is 0.424 e. The molecule has 1 heterocycles. The molecular formula is C14H21F3N4O2. The summed E-state index contributed by atoms with van der Waals surface area (Å²) in [6.45, 7) is -0.318. The SMILES string of the molecule is Cn1ccnc1C(O)(CCNC(=O)NC1CCCC1)C(F)(F)F. The first-order valence-electron chi connectivity index (χ1n) is 7.55. The fourth-order valence-corrected chi connectivity index (χ4v) is 2.81. The smallest absolute Gasteiger partial charge is 0.374 e. The lowest BCUT2D eigenvalue weighted by Gasteiger charge is -2.30. The maximum atomic E-state index is 13.3. The van der Waals surface area contributed by atoms with Gasteiger partial charge in [-0.05, 0) is 12.8 Å². The highest BCUT2D eigenvalue weighted by Gasteiger charge is 2.57. The van der Waals surface area contributed by atoms with Crippen molar-refractivity contribution < 1.29 is 23.1 Å². The minimum absolute atomic E-state index is 0.0750. The number of alkyl halides is 3. The van der Waals surface area contributed by atoms with Gasteiger partial charge in [0.2, 0.25) is 5.60 Å². The molecule has 1 aromatic heterocycles. The average Bonchev–Trinajstić information content (AvgIpc) is 3.08. The Labute approximate surface area is 132 Å². The van der Waals surface area contributed by atoms with Crippen LogP contribution in [0.4, 0.5) is 18.0 Å². The number of halogens is 3. The molecule has 1 saturated carbocycles. The molecule has 1 atom stereocenters. The number of carbonyl (C=O) groups is 1. The van der Waals surface area contributed by atoms with E-state index >= 15 is 0 Å². The van der Waals surface area contributed by atoms with Crippen LogP contribution < -0.4 is 10.6 Å². The lowest BCUT2D eigenvalue weighted by molar-refractivity contribution is -0.272. The predicted molar refractivity (Wildman–Crippen MR) is 76.6 cm³/mol. The van der Waals surface area contributed by atoms with Crippen molar-refractivity contribution >= 4 is 6.03 Å². The number of imidazole rings is 1. The molecule has 0 aliphatic heterocycles. The van der Waals surface area contributed by atoms with Crippen molar-refractivity contribution in [1.82, 2.24) is 20.2 Å². The highest BCUT2D eigenvalue weighted by Crippen LogP contribution is 2.40. The van der Waals surface area contributed by atoms with Crippen LogP contribution in [-0.2, 0) is 12.6 Å². The summed E-state index contributed by atoms with van der Waals surface area (Å²) < 4.78 is 40.9. The van der Waals surface area contributed by atoms with Gasteiger partial charge in [0.05, 0.1) is 0 Å². The van der Waals surface area contributed by atoms with Gasteiger partial charge in [0.25, 0.3) is 0 Å². The zero-order chi connectivity index (χ0) is 17.1. The quantitative estimate of drug-likeness (QED) is 0.768. The molecule has 6 nitrogen and oxygen atoms in total. The normalized spacial score (nSPS) is 18.7. The molecule has 1 aliphatic carbocycles. The molecule has 1 aliphatic rings. The average molecular weight is 334 g/mol. The van der Waals surface area contributed by atoms with E-state index < -0.39 is 30.1 Å². The van der Waals surface area contributed by atoms with Crippen LogP contribution in [0, 0.1) is 0 Å². The number of rotatable bonds is 5. The molecule has 1 aromatic rings. The molecule has 0 saturated heterocycles. The second kappa shape index (κ2) is 6.77. The number of hydrogen-bond acceptors (Lipinski definition) is 3. The molecule has 0 radical (unpaired) electrons. The molecule has 2 amide bonds. The molecule has 9 heteroatoms. The third-order valence-corrected chi connectivity index (χ3v) is 4.12. The van der Waals surface area contributed by atoms with Crippen molar-refractivity contribution in [2.75, 3.05) is 6.54 Å². The number of carbonyl (C=O) groups excluding carboxylic acids is 1. The second-order valence-electron chi connectivity index (χ2n) is 5.85. The summed E-state index contributed by atoms with van der Waals surface area (Å²) in [5, 5.41) is 15.2. The van der Waals surface area contributed by atoms with Crippen LogP contribution in [0.3, 0.4) is 0 Å². The Kier molecular flexibility index (Phi) is 5.18. The number of aliphatic hydroxyl groups is 1. The van der Waals surface area contributed by atoms with Gasteiger partial charge in [0.1, 0.15) is 5.82 Å². The third kappa shape index (κ3) is 3.95. The first-order chi connectivity index (χ1) is 10.7. The van der Waals surface area contributed by atoms with Crippen molar-refractivity contribution in [1.29, 1.82) is 0 Å². The van der Waals surface area contributed by atoms with Crippen LogP contribution in [0.15, 0.2) is 12.4 Å². The van der Waals surface area contributed by atoms with Gasteiger partial charge < -0.3 is 20.3 Å². The topological polar surface area (TPSA) is 79.2 Å². The Hall–Kier alpha value is -1.77. The standard InChI is InChI=1S/C14H21F3N4O2/c1-21-9-8-18-11(21)13(23,14(15,16)17)6-7-19-12(22)20-10-4-2-3-5-10/h8-10,23H,2-7H2,1H3,(H2,19,20,22). The highest BCUT2D eigenvalue weighted by molar-refractivity contribution is 5.74. The van der Waals surface area contributed by atoms with Crippen LogP contribution in [-0.4, -0.2) is 39.5 Å². The van der Waals surface area contributed by atoms with Crippen molar-refractivity contribution in [3.63, 3.8) is 0 Å². The first-order valence-corrected chi connectivity index (χ1v) is 7.55. The van der Waals surface area contributed by atoms with E-state index in [1.807, 2.05) is 0 Å². The molecule has 1 unspecified atom stereocenters. The van der Waals surface area contributed by atoms with Crippen molar-refractivity contribution in [2.24, 2.45) is 7.05 Å². The molecule has 3 N–H and O–H groups in total. The van der Waals surface area contributed by atoms with Gasteiger partial charge in [0.15, 0.2) is 0 Å². The van der Waals surface area contributed by atoms with Gasteiger partial charge in [-0.1, -0.05) is 12.8 Å². The Balaban J connectivity index is 1.94. The van der Waals surface area contributed by atoms with Crippen molar-refractivity contribution in [3.05, 3.63) is 18.2 Å². The lowest BCUT2D eigenvalue weighted by Crippen LogP contribution is -2.48. The van der Waals surface area contributed by atoms with E-state index in [1.165, 1.54) is 19.4 Å². The lowest BCUT2D eigenvalue weighted by atomic mass is 9.97. The summed E-state index contributed by atoms with van der Waals surface area (Å²) in [5.74, 6) is -0.497. The largest absolute Gasteiger partial charge is 0.424 e. The van der Waals surface area contributed by atoms with E-state index in [9.17, 15) is 23.1 Å². The molecular weight excluding hydrogens is 313 g/mol. The number of nitrogens with zero attached hydrogens (tertiary/aromatic N) is 2. The van der Waals surface area contributed by atoms with Crippen LogP contribution in [0.5, 0.6) is 0 Å². The van der Waals surface area contributed by atoms with Gasteiger partial charge in [-0.25, -0.2) is 9.78 Å². The van der Waals surface area contributed by atoms with Crippen LogP contribution >= 0.6 is 0 Å². The van der Waals surface area contributed by atoms with Gasteiger partial charge in [-0.3, -0.25) is 0 Å². The summed E-state index contributed by atoms with van der Waals surface area (Å²) in [6, 6.07) is -0.438. The number of hydrogen-bond donors (Lipinski definition) is 3. The Morgan fingerprint density at radius 2 is 2.09 bits per heavy atom. The van der Waals surface area contributed by atoms with Gasteiger partial charge in [0, 0.05) is 38.4 Å². The molecule has 23 heavy (non-hydrogen) atoms. The molecule has 0 bridgehead atoms. The van der Waals surface area contributed by atoms with Crippen LogP contribution in [0.2, 0.25) is 0 Å². The van der Waals surface area contributed by atoms with Gasteiger partial charge in [-0.15, -0.1) is 0 Å². The minimum Gasteiger partial charge on any atom is -0.374 e. The van der Waals surface area contributed by atoms with E-state index in [-0.39, 0.29) is 12.6 Å². The predicted octanol–water partition coefficient (Wildman–Crippen LogP) is 1.80. The Morgan fingerprint density at radius 3 is 2.61 bits per heavy atom. The molecule has 2 rings (SSSR count). The number of aryl methyl sites for hydroxylation is 1. The zero-order valence-electron chi connectivity index (χ0n) is 12.9. The zero-order valence-corrected chi connectivity index (χ0v) is 12.9. The fourth-order valence-electron chi connectivity index (χ4n) is 2.81.